The number of ether oxygens (including phenoxy) is 1. The van der Waals surface area contributed by atoms with Gasteiger partial charge in [0, 0.05) is 38.9 Å². The number of hydrogen-bond donors (Lipinski definition) is 0. The van der Waals surface area contributed by atoms with Crippen LogP contribution in [0.3, 0.4) is 0 Å². The topological polar surface area (TPSA) is 75.9 Å². The first-order valence-electron chi connectivity index (χ1n) is 10.3. The molecular weight excluding hydrogens is 389 g/mol. The zero-order valence-electron chi connectivity index (χ0n) is 17.1. The number of hydrogen-bond acceptors (Lipinski definition) is 5. The summed E-state index contributed by atoms with van der Waals surface area (Å²) in [5, 5.41) is 0. The number of likely N-dealkylation sites (tertiary alicyclic amines) is 1. The average Bonchev–Trinajstić information content (AvgIpc) is 3.23. The van der Waals surface area contributed by atoms with Crippen LogP contribution in [0.2, 0.25) is 0 Å². The summed E-state index contributed by atoms with van der Waals surface area (Å²) in [6.07, 6.45) is 3.15. The Morgan fingerprint density at radius 3 is 2.57 bits per heavy atom. The molecule has 2 aliphatic rings. The number of carbonyl (C=O) groups excluding carboxylic acids is 2. The Bertz CT molecular complexity index is 890. The fourth-order valence-corrected chi connectivity index (χ4v) is 4.06. The largest absolute Gasteiger partial charge is 0.442 e. The van der Waals surface area contributed by atoms with Crippen molar-refractivity contribution in [1.29, 1.82) is 0 Å². The molecule has 0 saturated carbocycles. The quantitative estimate of drug-likeness (QED) is 0.767. The van der Waals surface area contributed by atoms with Crippen LogP contribution in [0.1, 0.15) is 43.1 Å². The van der Waals surface area contributed by atoms with Crippen molar-refractivity contribution in [2.75, 3.05) is 32.8 Å². The van der Waals surface area contributed by atoms with Gasteiger partial charge in [0.05, 0.1) is 19.3 Å². The molecule has 0 aliphatic carbocycles. The predicted octanol–water partition coefficient (Wildman–Crippen LogP) is 2.56. The maximum absolute atomic E-state index is 13.1. The van der Waals surface area contributed by atoms with Gasteiger partial charge in [-0.25, -0.2) is 9.37 Å². The molecule has 8 heteroatoms. The zero-order chi connectivity index (χ0) is 21.1. The van der Waals surface area contributed by atoms with Crippen molar-refractivity contribution in [3.63, 3.8) is 0 Å². The lowest BCUT2D eigenvalue weighted by molar-refractivity contribution is -0.147. The summed E-state index contributed by atoms with van der Waals surface area (Å²) in [4.78, 5) is 32.4. The number of carbonyl (C=O) groups is 2. The highest BCUT2D eigenvalue weighted by molar-refractivity contribution is 5.80. The average molecular weight is 415 g/mol. The van der Waals surface area contributed by atoms with E-state index in [1.54, 1.807) is 30.2 Å². The first kappa shape index (κ1) is 20.5. The Hall–Kier alpha value is -2.74. The number of amides is 2. The summed E-state index contributed by atoms with van der Waals surface area (Å²) in [6.45, 7) is 4.21. The zero-order valence-corrected chi connectivity index (χ0v) is 17.1. The second-order valence-electron chi connectivity index (χ2n) is 7.89. The second-order valence-corrected chi connectivity index (χ2v) is 7.89. The molecule has 4 rings (SSSR count). The number of nitrogens with zero attached hydrogens (tertiary/aromatic N) is 3. The molecule has 1 aromatic carbocycles. The summed E-state index contributed by atoms with van der Waals surface area (Å²) in [5.74, 6) is 0.968. The third-order valence-electron chi connectivity index (χ3n) is 5.81. The van der Waals surface area contributed by atoms with E-state index in [2.05, 4.69) is 4.98 Å². The minimum atomic E-state index is -0.401. The van der Waals surface area contributed by atoms with Crippen LogP contribution in [0, 0.1) is 11.7 Å². The van der Waals surface area contributed by atoms with Gasteiger partial charge < -0.3 is 19.0 Å². The molecule has 0 bridgehead atoms. The van der Waals surface area contributed by atoms with E-state index in [0.29, 0.717) is 63.7 Å². The molecule has 3 heterocycles. The number of halogens is 1. The summed E-state index contributed by atoms with van der Waals surface area (Å²) >= 11 is 0. The smallest absolute Gasteiger partial charge is 0.226 e. The summed E-state index contributed by atoms with van der Waals surface area (Å²) in [7, 11) is 0. The Balaban J connectivity index is 1.35. The fraction of sp³-hybridized carbons (Fsp3) is 0.500. The van der Waals surface area contributed by atoms with Gasteiger partial charge in [0.2, 0.25) is 17.7 Å². The molecule has 0 unspecified atom stereocenters. The van der Waals surface area contributed by atoms with E-state index in [1.807, 2.05) is 4.90 Å². The van der Waals surface area contributed by atoms with Crippen LogP contribution in [0.5, 0.6) is 0 Å². The van der Waals surface area contributed by atoms with E-state index in [0.717, 1.165) is 5.56 Å². The first-order valence-corrected chi connectivity index (χ1v) is 10.3. The van der Waals surface area contributed by atoms with E-state index in [-0.39, 0.29) is 23.5 Å². The van der Waals surface area contributed by atoms with Crippen LogP contribution in [0.25, 0.3) is 0 Å². The van der Waals surface area contributed by atoms with Gasteiger partial charge in [-0.1, -0.05) is 12.1 Å². The van der Waals surface area contributed by atoms with Crippen molar-refractivity contribution < 1.29 is 23.1 Å². The molecule has 2 aliphatic heterocycles. The van der Waals surface area contributed by atoms with Gasteiger partial charge in [0.25, 0.3) is 0 Å². The highest BCUT2D eigenvalue weighted by Crippen LogP contribution is 2.26. The van der Waals surface area contributed by atoms with Gasteiger partial charge in [0.15, 0.2) is 6.10 Å². The molecule has 30 heavy (non-hydrogen) atoms. The summed E-state index contributed by atoms with van der Waals surface area (Å²) in [5.41, 5.74) is 0.928. The molecular formula is C22H26FN3O4. The minimum Gasteiger partial charge on any atom is -0.442 e. The highest BCUT2D eigenvalue weighted by Gasteiger charge is 2.34. The van der Waals surface area contributed by atoms with E-state index in [1.165, 1.54) is 12.1 Å². The Morgan fingerprint density at radius 1 is 1.13 bits per heavy atom. The molecule has 2 saturated heterocycles. The maximum Gasteiger partial charge on any atom is 0.226 e. The van der Waals surface area contributed by atoms with Crippen molar-refractivity contribution in [1.82, 2.24) is 14.8 Å². The second kappa shape index (κ2) is 8.95. The van der Waals surface area contributed by atoms with Gasteiger partial charge in [-0.3, -0.25) is 9.59 Å². The lowest BCUT2D eigenvalue weighted by atomic mass is 9.95. The first-order chi connectivity index (χ1) is 14.5. The lowest BCUT2D eigenvalue weighted by Crippen LogP contribution is -2.48. The molecule has 1 atom stereocenters. The normalized spacial score (nSPS) is 20.4. The number of benzene rings is 1. The Morgan fingerprint density at radius 2 is 1.87 bits per heavy atom. The maximum atomic E-state index is 13.1. The van der Waals surface area contributed by atoms with Crippen LogP contribution in [-0.2, 0) is 20.7 Å². The van der Waals surface area contributed by atoms with E-state index in [4.69, 9.17) is 9.15 Å². The molecule has 160 valence electrons. The summed E-state index contributed by atoms with van der Waals surface area (Å²) < 4.78 is 24.7. The predicted molar refractivity (Wildman–Crippen MR) is 106 cm³/mol. The minimum absolute atomic E-state index is 0.0575. The van der Waals surface area contributed by atoms with Crippen LogP contribution in [0.15, 0.2) is 34.9 Å². The molecule has 7 nitrogen and oxygen atoms in total. The van der Waals surface area contributed by atoms with E-state index < -0.39 is 6.10 Å². The number of morpholine rings is 1. The van der Waals surface area contributed by atoms with Crippen LogP contribution < -0.4 is 0 Å². The molecule has 2 aromatic rings. The molecule has 0 radical (unpaired) electrons. The van der Waals surface area contributed by atoms with Crippen molar-refractivity contribution >= 4 is 11.8 Å². The fourth-order valence-electron chi connectivity index (χ4n) is 4.06. The number of aromatic nitrogens is 1. The van der Waals surface area contributed by atoms with E-state index in [9.17, 15) is 14.0 Å². The van der Waals surface area contributed by atoms with Gasteiger partial charge in [-0.2, -0.15) is 0 Å². The molecule has 0 N–H and O–H groups in total. The van der Waals surface area contributed by atoms with E-state index >= 15 is 0 Å². The van der Waals surface area contributed by atoms with Crippen molar-refractivity contribution in [2.24, 2.45) is 5.92 Å². The van der Waals surface area contributed by atoms with Crippen LogP contribution in [0.4, 0.5) is 4.39 Å². The third-order valence-corrected chi connectivity index (χ3v) is 5.81. The monoisotopic (exact) mass is 415 g/mol. The third kappa shape index (κ3) is 4.70. The van der Waals surface area contributed by atoms with Crippen molar-refractivity contribution in [3.05, 3.63) is 53.5 Å². The number of piperidine rings is 1. The SMILES string of the molecule is CC(=O)N1CCC(C(=O)N2CCO[C@H](c3ncc(Cc4ccc(F)cc4)o3)C2)CC1. The van der Waals surface area contributed by atoms with Gasteiger partial charge in [0.1, 0.15) is 11.6 Å². The van der Waals surface area contributed by atoms with Crippen molar-refractivity contribution in [3.8, 4) is 0 Å². The lowest BCUT2D eigenvalue weighted by Gasteiger charge is -2.36. The van der Waals surface area contributed by atoms with Gasteiger partial charge >= 0.3 is 0 Å². The van der Waals surface area contributed by atoms with Crippen molar-refractivity contribution in [2.45, 2.75) is 32.3 Å². The Labute approximate surface area is 174 Å². The highest BCUT2D eigenvalue weighted by atomic mass is 19.1. The number of rotatable bonds is 4. The van der Waals surface area contributed by atoms with Gasteiger partial charge in [-0.05, 0) is 30.5 Å². The Kier molecular flexibility index (Phi) is 6.13. The van der Waals surface area contributed by atoms with Gasteiger partial charge in [-0.15, -0.1) is 0 Å². The molecule has 2 amide bonds. The number of oxazole rings is 1. The van der Waals surface area contributed by atoms with Crippen LogP contribution in [-0.4, -0.2) is 59.4 Å². The summed E-state index contributed by atoms with van der Waals surface area (Å²) in [6, 6.07) is 6.27. The van der Waals surface area contributed by atoms with Crippen LogP contribution >= 0.6 is 0 Å². The molecule has 2 fully saturated rings. The molecule has 1 aromatic heterocycles. The molecule has 0 spiro atoms. The standard InChI is InChI=1S/C22H26FN3O4/c1-15(27)25-8-6-17(7-9-25)22(28)26-10-11-29-20(14-26)21-24-13-19(30-21)12-16-2-4-18(23)5-3-16/h2-5,13,17,20H,6-12,14H2,1H3/t20-/m0/s1.